The highest BCUT2D eigenvalue weighted by molar-refractivity contribution is 8.13. The first-order valence-electron chi connectivity index (χ1n) is 5.91. The van der Waals surface area contributed by atoms with Crippen molar-refractivity contribution >= 4 is 33.5 Å². The summed E-state index contributed by atoms with van der Waals surface area (Å²) in [7, 11) is 1.62. The summed E-state index contributed by atoms with van der Waals surface area (Å²) in [5.74, 6) is 0.710. The normalized spacial score (nSPS) is 11.2. The number of pyridine rings is 1. The molecule has 0 saturated carbocycles. The number of aryl methyl sites for hydroxylation is 1. The largest absolute Gasteiger partial charge is 0.494 e. The molecule has 1 N–H and O–H groups in total. The van der Waals surface area contributed by atoms with E-state index >= 15 is 0 Å². The Morgan fingerprint density at radius 3 is 2.85 bits per heavy atom. The van der Waals surface area contributed by atoms with E-state index in [0.717, 1.165) is 22.3 Å². The van der Waals surface area contributed by atoms with Gasteiger partial charge in [0.1, 0.15) is 11.3 Å². The molecule has 2 rings (SSSR count). The molecule has 5 nitrogen and oxygen atoms in total. The summed E-state index contributed by atoms with van der Waals surface area (Å²) in [4.78, 5) is 8.95. The van der Waals surface area contributed by atoms with Crippen molar-refractivity contribution in [3.63, 3.8) is 0 Å². The topological polar surface area (TPSA) is 70.3 Å². The van der Waals surface area contributed by atoms with E-state index in [4.69, 9.17) is 10.00 Å². The summed E-state index contributed by atoms with van der Waals surface area (Å²) in [6.45, 7) is 1.93. The summed E-state index contributed by atoms with van der Waals surface area (Å²) in [6.07, 6.45) is 3.74. The molecule has 0 unspecified atom stereocenters. The molecular weight excluding hydrogens is 272 g/mol. The highest BCUT2D eigenvalue weighted by Crippen LogP contribution is 2.32. The fraction of sp³-hybridized carbons (Fsp3) is 0.214. The first kappa shape index (κ1) is 14.2. The molecule has 0 spiro atoms. The van der Waals surface area contributed by atoms with Crippen molar-refractivity contribution in [1.29, 1.82) is 5.26 Å². The number of aliphatic imine (C=N–C) groups is 1. The average molecular weight is 286 g/mol. The monoisotopic (exact) mass is 286 g/mol. The Labute approximate surface area is 121 Å². The second kappa shape index (κ2) is 6.26. The number of hydrogen-bond donors (Lipinski definition) is 1. The van der Waals surface area contributed by atoms with Gasteiger partial charge in [0.25, 0.3) is 0 Å². The van der Waals surface area contributed by atoms with Crippen LogP contribution in [0.4, 0.5) is 5.69 Å². The number of benzene rings is 1. The lowest BCUT2D eigenvalue weighted by atomic mass is 10.1. The molecule has 1 aromatic carbocycles. The third-order valence-corrected chi connectivity index (χ3v) is 3.31. The van der Waals surface area contributed by atoms with Gasteiger partial charge in [-0.1, -0.05) is 11.8 Å². The molecule has 0 aliphatic carbocycles. The molecule has 0 saturated heterocycles. The maximum absolute atomic E-state index is 8.69. The van der Waals surface area contributed by atoms with Gasteiger partial charge >= 0.3 is 0 Å². The third-order valence-electron chi connectivity index (χ3n) is 2.73. The molecule has 20 heavy (non-hydrogen) atoms. The number of amidine groups is 1. The molecule has 0 fully saturated rings. The number of hydrogen-bond acceptors (Lipinski definition) is 5. The fourth-order valence-electron chi connectivity index (χ4n) is 1.82. The Balaban J connectivity index is 2.64. The molecule has 2 aromatic rings. The SMILES string of the molecule is COc1ccc(N=C(NC#N)SC)c2ccc(C)nc12. The fourth-order valence-corrected chi connectivity index (χ4v) is 2.16. The maximum Gasteiger partial charge on any atom is 0.183 e. The van der Waals surface area contributed by atoms with Crippen LogP contribution in [0.5, 0.6) is 5.75 Å². The number of rotatable bonds is 2. The highest BCUT2D eigenvalue weighted by atomic mass is 32.2. The van der Waals surface area contributed by atoms with E-state index in [-0.39, 0.29) is 0 Å². The molecule has 102 valence electrons. The molecule has 1 aromatic heterocycles. The number of fused-ring (bicyclic) bond motifs is 1. The van der Waals surface area contributed by atoms with Gasteiger partial charge < -0.3 is 4.74 Å². The first-order chi connectivity index (χ1) is 9.69. The lowest BCUT2D eigenvalue weighted by Crippen LogP contribution is -2.12. The Morgan fingerprint density at radius 1 is 1.40 bits per heavy atom. The molecule has 0 amide bonds. The van der Waals surface area contributed by atoms with E-state index in [1.54, 1.807) is 7.11 Å². The summed E-state index contributed by atoms with van der Waals surface area (Å²) < 4.78 is 5.33. The Morgan fingerprint density at radius 2 is 2.20 bits per heavy atom. The van der Waals surface area contributed by atoms with Gasteiger partial charge in [0.05, 0.1) is 12.8 Å². The lowest BCUT2D eigenvalue weighted by Gasteiger charge is -2.08. The van der Waals surface area contributed by atoms with Crippen molar-refractivity contribution < 1.29 is 4.74 Å². The van der Waals surface area contributed by atoms with Crippen LogP contribution in [0.25, 0.3) is 10.9 Å². The molecule has 0 aliphatic heterocycles. The van der Waals surface area contributed by atoms with Crippen LogP contribution in [0, 0.1) is 18.4 Å². The van der Waals surface area contributed by atoms with Crippen molar-refractivity contribution in [3.8, 4) is 11.9 Å². The molecular formula is C14H14N4OS. The number of thioether (sulfide) groups is 1. The van der Waals surface area contributed by atoms with Crippen LogP contribution in [0.1, 0.15) is 5.69 Å². The standard InChI is InChI=1S/C14H14N4OS/c1-9-4-5-10-11(18-14(20-3)16-8-15)6-7-12(19-2)13(10)17-9/h4-7H,1-3H3,(H,16,18). The van der Waals surface area contributed by atoms with Gasteiger partial charge in [0.2, 0.25) is 0 Å². The Bertz CT molecular complexity index is 706. The van der Waals surface area contributed by atoms with E-state index in [9.17, 15) is 0 Å². The van der Waals surface area contributed by atoms with E-state index in [1.165, 1.54) is 11.8 Å². The van der Waals surface area contributed by atoms with Crippen molar-refractivity contribution in [3.05, 3.63) is 30.0 Å². The molecule has 0 radical (unpaired) electrons. The van der Waals surface area contributed by atoms with Gasteiger partial charge in [-0.15, -0.1) is 0 Å². The second-order valence-corrected chi connectivity index (χ2v) is 4.79. The summed E-state index contributed by atoms with van der Waals surface area (Å²) in [5, 5.41) is 12.7. The van der Waals surface area contributed by atoms with Crippen LogP contribution in [-0.2, 0) is 0 Å². The minimum absolute atomic E-state index is 0.541. The van der Waals surface area contributed by atoms with Crippen molar-refractivity contribution in [2.24, 2.45) is 4.99 Å². The highest BCUT2D eigenvalue weighted by Gasteiger charge is 2.08. The number of nitrogens with one attached hydrogen (secondary N) is 1. The van der Waals surface area contributed by atoms with Gasteiger partial charge in [-0.05, 0) is 37.4 Å². The molecule has 6 heteroatoms. The van der Waals surface area contributed by atoms with Gasteiger partial charge in [0, 0.05) is 11.1 Å². The third kappa shape index (κ3) is 2.83. The van der Waals surface area contributed by atoms with Crippen molar-refractivity contribution in [2.45, 2.75) is 6.92 Å². The summed E-state index contributed by atoms with van der Waals surface area (Å²) >= 11 is 1.38. The van der Waals surface area contributed by atoms with E-state index in [2.05, 4.69) is 15.3 Å². The lowest BCUT2D eigenvalue weighted by molar-refractivity contribution is 0.419. The predicted molar refractivity (Wildman–Crippen MR) is 82.4 cm³/mol. The molecule has 1 heterocycles. The second-order valence-electron chi connectivity index (χ2n) is 3.99. The zero-order valence-corrected chi connectivity index (χ0v) is 12.3. The van der Waals surface area contributed by atoms with Crippen LogP contribution < -0.4 is 10.1 Å². The quantitative estimate of drug-likeness (QED) is 0.398. The number of nitrogens with zero attached hydrogens (tertiary/aromatic N) is 3. The van der Waals surface area contributed by atoms with Crippen molar-refractivity contribution in [2.75, 3.05) is 13.4 Å². The van der Waals surface area contributed by atoms with Gasteiger partial charge in [-0.2, -0.15) is 5.26 Å². The molecule has 0 bridgehead atoms. The Kier molecular flexibility index (Phi) is 4.43. The number of aromatic nitrogens is 1. The first-order valence-corrected chi connectivity index (χ1v) is 7.14. The Hall–Kier alpha value is -2.26. The van der Waals surface area contributed by atoms with E-state index in [1.807, 2.05) is 43.6 Å². The van der Waals surface area contributed by atoms with Crippen LogP contribution >= 0.6 is 11.8 Å². The number of nitriles is 1. The minimum atomic E-state index is 0.541. The smallest absolute Gasteiger partial charge is 0.183 e. The predicted octanol–water partition coefficient (Wildman–Crippen LogP) is 2.97. The average Bonchev–Trinajstić information content (AvgIpc) is 2.46. The molecule has 0 aliphatic rings. The van der Waals surface area contributed by atoms with E-state index in [0.29, 0.717) is 10.9 Å². The zero-order chi connectivity index (χ0) is 14.5. The zero-order valence-electron chi connectivity index (χ0n) is 11.5. The maximum atomic E-state index is 8.69. The minimum Gasteiger partial charge on any atom is -0.494 e. The van der Waals surface area contributed by atoms with Gasteiger partial charge in [-0.25, -0.2) is 9.98 Å². The number of methoxy groups -OCH3 is 1. The van der Waals surface area contributed by atoms with Crippen LogP contribution in [-0.4, -0.2) is 23.5 Å². The summed E-state index contributed by atoms with van der Waals surface area (Å²) in [5.41, 5.74) is 2.43. The van der Waals surface area contributed by atoms with Gasteiger partial charge in [0.15, 0.2) is 11.4 Å². The van der Waals surface area contributed by atoms with Crippen molar-refractivity contribution in [1.82, 2.24) is 10.3 Å². The molecule has 0 atom stereocenters. The van der Waals surface area contributed by atoms with Crippen LogP contribution in [0.3, 0.4) is 0 Å². The van der Waals surface area contributed by atoms with Gasteiger partial charge in [-0.3, -0.25) is 5.32 Å². The summed E-state index contributed by atoms with van der Waals surface area (Å²) in [6, 6.07) is 7.58. The van der Waals surface area contributed by atoms with Crippen LogP contribution in [0.15, 0.2) is 29.3 Å². The van der Waals surface area contributed by atoms with E-state index < -0.39 is 0 Å². The van der Waals surface area contributed by atoms with Crippen LogP contribution in [0.2, 0.25) is 0 Å². The number of ether oxygens (including phenoxy) is 1.